The number of aliphatic hydroxyl groups excluding tert-OH is 1. The lowest BCUT2D eigenvalue weighted by atomic mass is 10.2. The molecule has 0 spiro atoms. The van der Waals surface area contributed by atoms with Gasteiger partial charge >= 0.3 is 0 Å². The van der Waals surface area contributed by atoms with E-state index >= 15 is 0 Å². The Labute approximate surface area is 105 Å². The van der Waals surface area contributed by atoms with Gasteiger partial charge < -0.3 is 15.7 Å². The zero-order valence-corrected chi connectivity index (χ0v) is 10.9. The monoisotopic (exact) mass is 257 g/mol. The van der Waals surface area contributed by atoms with Crippen LogP contribution in [0.1, 0.15) is 25.5 Å². The molecular formula is C11H19N3O2S. The van der Waals surface area contributed by atoms with E-state index in [2.05, 4.69) is 11.9 Å². The van der Waals surface area contributed by atoms with Crippen LogP contribution in [-0.4, -0.2) is 40.6 Å². The number of nitrogens with zero attached hydrogens (tertiary/aromatic N) is 2. The number of anilines is 1. The van der Waals surface area contributed by atoms with Crippen LogP contribution in [0.5, 0.6) is 0 Å². The Kier molecular flexibility index (Phi) is 5.93. The molecule has 0 atom stereocenters. The molecule has 1 amide bonds. The lowest BCUT2D eigenvalue weighted by Crippen LogP contribution is -2.35. The van der Waals surface area contributed by atoms with Gasteiger partial charge in [-0.05, 0) is 6.42 Å². The van der Waals surface area contributed by atoms with Gasteiger partial charge in [0.1, 0.15) is 0 Å². The highest BCUT2D eigenvalue weighted by Gasteiger charge is 2.14. The van der Waals surface area contributed by atoms with Gasteiger partial charge in [-0.3, -0.25) is 4.79 Å². The maximum Gasteiger partial charge on any atom is 0.228 e. The molecule has 0 aliphatic heterocycles. The first kappa shape index (κ1) is 13.9. The Bertz CT molecular complexity index is 354. The number of unbranched alkanes of at least 4 members (excludes halogenated alkanes) is 1. The van der Waals surface area contributed by atoms with E-state index in [1.165, 1.54) is 11.3 Å². The van der Waals surface area contributed by atoms with Crippen molar-refractivity contribution in [2.45, 2.75) is 26.2 Å². The van der Waals surface area contributed by atoms with Gasteiger partial charge in [0, 0.05) is 18.5 Å². The average Bonchev–Trinajstić information content (AvgIpc) is 2.70. The minimum Gasteiger partial charge on any atom is -0.395 e. The predicted molar refractivity (Wildman–Crippen MR) is 68.8 cm³/mol. The Morgan fingerprint density at radius 1 is 1.59 bits per heavy atom. The molecule has 96 valence electrons. The fourth-order valence-corrected chi connectivity index (χ4v) is 2.06. The van der Waals surface area contributed by atoms with Crippen molar-refractivity contribution in [1.82, 2.24) is 9.88 Å². The third-order valence-electron chi connectivity index (χ3n) is 2.41. The number of amides is 1. The van der Waals surface area contributed by atoms with Gasteiger partial charge in [0.25, 0.3) is 0 Å². The van der Waals surface area contributed by atoms with Gasteiger partial charge in [-0.1, -0.05) is 13.3 Å². The fraction of sp³-hybridized carbons (Fsp3) is 0.636. The maximum atomic E-state index is 12.0. The average molecular weight is 257 g/mol. The number of aromatic nitrogens is 1. The number of carbonyl (C=O) groups excluding carboxylic acids is 1. The van der Waals surface area contributed by atoms with Crippen molar-refractivity contribution in [3.05, 3.63) is 11.1 Å². The summed E-state index contributed by atoms with van der Waals surface area (Å²) in [7, 11) is 0. The fourth-order valence-electron chi connectivity index (χ4n) is 1.50. The van der Waals surface area contributed by atoms with E-state index in [1.807, 2.05) is 0 Å². The van der Waals surface area contributed by atoms with Crippen molar-refractivity contribution < 1.29 is 9.90 Å². The number of carbonyl (C=O) groups is 1. The molecule has 1 aromatic heterocycles. The number of hydrogen-bond acceptors (Lipinski definition) is 5. The molecular weight excluding hydrogens is 238 g/mol. The molecule has 0 bridgehead atoms. The Balaban J connectivity index is 2.52. The number of nitrogen functional groups attached to an aromatic ring is 1. The highest BCUT2D eigenvalue weighted by atomic mass is 32.1. The summed E-state index contributed by atoms with van der Waals surface area (Å²) in [5.41, 5.74) is 6.22. The van der Waals surface area contributed by atoms with Crippen molar-refractivity contribution in [2.24, 2.45) is 0 Å². The van der Waals surface area contributed by atoms with Crippen molar-refractivity contribution in [3.8, 4) is 0 Å². The molecule has 0 saturated carbocycles. The van der Waals surface area contributed by atoms with E-state index in [4.69, 9.17) is 10.8 Å². The number of aliphatic hydroxyl groups is 1. The van der Waals surface area contributed by atoms with Crippen LogP contribution in [-0.2, 0) is 11.2 Å². The molecule has 1 heterocycles. The second-order valence-electron chi connectivity index (χ2n) is 3.81. The summed E-state index contributed by atoms with van der Waals surface area (Å²) in [6.07, 6.45) is 2.24. The summed E-state index contributed by atoms with van der Waals surface area (Å²) in [4.78, 5) is 17.7. The van der Waals surface area contributed by atoms with Crippen LogP contribution in [0, 0.1) is 0 Å². The van der Waals surface area contributed by atoms with Crippen molar-refractivity contribution in [2.75, 3.05) is 25.4 Å². The molecule has 0 radical (unpaired) electrons. The molecule has 0 unspecified atom stereocenters. The van der Waals surface area contributed by atoms with Crippen LogP contribution >= 0.6 is 11.3 Å². The Hall–Kier alpha value is -1.14. The van der Waals surface area contributed by atoms with Crippen LogP contribution in [0.15, 0.2) is 5.38 Å². The van der Waals surface area contributed by atoms with Crippen molar-refractivity contribution in [3.63, 3.8) is 0 Å². The lowest BCUT2D eigenvalue weighted by molar-refractivity contribution is -0.131. The minimum atomic E-state index is -0.00530. The normalized spacial score (nSPS) is 10.5. The standard InChI is InChI=1S/C11H19N3O2S/c1-2-3-4-14(5-6-15)10(16)7-9-8-17-11(12)13-9/h8,15H,2-7H2,1H3,(H2,12,13). The van der Waals surface area contributed by atoms with E-state index in [0.29, 0.717) is 23.9 Å². The lowest BCUT2D eigenvalue weighted by Gasteiger charge is -2.21. The first-order chi connectivity index (χ1) is 8.17. The van der Waals surface area contributed by atoms with E-state index in [1.54, 1.807) is 10.3 Å². The molecule has 5 nitrogen and oxygen atoms in total. The molecule has 1 rings (SSSR count). The van der Waals surface area contributed by atoms with Crippen LogP contribution in [0.4, 0.5) is 5.13 Å². The van der Waals surface area contributed by atoms with Gasteiger partial charge in [-0.25, -0.2) is 4.98 Å². The second-order valence-corrected chi connectivity index (χ2v) is 4.70. The summed E-state index contributed by atoms with van der Waals surface area (Å²) in [5, 5.41) is 11.2. The molecule has 1 aromatic rings. The van der Waals surface area contributed by atoms with Gasteiger partial charge in [0.15, 0.2) is 5.13 Å². The SMILES string of the molecule is CCCCN(CCO)C(=O)Cc1csc(N)n1. The largest absolute Gasteiger partial charge is 0.395 e. The highest BCUT2D eigenvalue weighted by Crippen LogP contribution is 2.12. The Morgan fingerprint density at radius 3 is 2.88 bits per heavy atom. The van der Waals surface area contributed by atoms with E-state index in [9.17, 15) is 4.79 Å². The number of rotatable bonds is 7. The van der Waals surface area contributed by atoms with Crippen LogP contribution in [0.2, 0.25) is 0 Å². The molecule has 3 N–H and O–H groups in total. The van der Waals surface area contributed by atoms with Gasteiger partial charge in [-0.2, -0.15) is 0 Å². The maximum absolute atomic E-state index is 12.0. The predicted octanol–water partition coefficient (Wildman–Crippen LogP) is 0.889. The smallest absolute Gasteiger partial charge is 0.228 e. The summed E-state index contributed by atoms with van der Waals surface area (Å²) in [6.45, 7) is 3.14. The van der Waals surface area contributed by atoms with Crippen LogP contribution in [0.3, 0.4) is 0 Å². The van der Waals surface area contributed by atoms with Gasteiger partial charge in [0.2, 0.25) is 5.91 Å². The Morgan fingerprint density at radius 2 is 2.35 bits per heavy atom. The zero-order valence-electron chi connectivity index (χ0n) is 10.1. The third kappa shape index (κ3) is 4.70. The molecule has 0 fully saturated rings. The highest BCUT2D eigenvalue weighted by molar-refractivity contribution is 7.13. The topological polar surface area (TPSA) is 79.5 Å². The number of nitrogens with two attached hydrogens (primary N) is 1. The molecule has 6 heteroatoms. The van der Waals surface area contributed by atoms with E-state index < -0.39 is 0 Å². The minimum absolute atomic E-state index is 0.00204. The third-order valence-corrected chi connectivity index (χ3v) is 3.13. The van der Waals surface area contributed by atoms with Crippen molar-refractivity contribution in [1.29, 1.82) is 0 Å². The first-order valence-corrected chi connectivity index (χ1v) is 6.63. The van der Waals surface area contributed by atoms with Gasteiger partial charge in [0.05, 0.1) is 18.7 Å². The van der Waals surface area contributed by atoms with Gasteiger partial charge in [-0.15, -0.1) is 11.3 Å². The quantitative estimate of drug-likeness (QED) is 0.760. The molecule has 17 heavy (non-hydrogen) atoms. The zero-order chi connectivity index (χ0) is 12.7. The van der Waals surface area contributed by atoms with Crippen LogP contribution < -0.4 is 5.73 Å². The van der Waals surface area contributed by atoms with E-state index in [0.717, 1.165) is 12.8 Å². The summed E-state index contributed by atoms with van der Waals surface area (Å²) < 4.78 is 0. The summed E-state index contributed by atoms with van der Waals surface area (Å²) in [6, 6.07) is 0. The molecule has 0 aliphatic carbocycles. The first-order valence-electron chi connectivity index (χ1n) is 5.76. The second kappa shape index (κ2) is 7.24. The van der Waals surface area contributed by atoms with Crippen molar-refractivity contribution >= 4 is 22.4 Å². The molecule has 0 saturated heterocycles. The summed E-state index contributed by atoms with van der Waals surface area (Å²) >= 11 is 1.34. The van der Waals surface area contributed by atoms with E-state index in [-0.39, 0.29) is 18.9 Å². The molecule has 0 aliphatic rings. The molecule has 0 aromatic carbocycles. The summed E-state index contributed by atoms with van der Waals surface area (Å²) in [5.74, 6) is -0.00204. The number of thiazole rings is 1. The number of hydrogen-bond donors (Lipinski definition) is 2. The van der Waals surface area contributed by atoms with Crippen LogP contribution in [0.25, 0.3) is 0 Å².